The van der Waals surface area contributed by atoms with Crippen LogP contribution in [0.5, 0.6) is 11.8 Å². The van der Waals surface area contributed by atoms with E-state index in [0.717, 1.165) is 63.8 Å². The van der Waals surface area contributed by atoms with Crippen LogP contribution in [0, 0.1) is 22.5 Å². The molecule has 3 unspecified atom stereocenters. The van der Waals surface area contributed by atoms with Crippen molar-refractivity contribution >= 4 is 56.1 Å². The average molecular weight is 1020 g/mol. The molecule has 3 atom stereocenters. The largest absolute Gasteiger partial charge is 0.508 e. The van der Waals surface area contributed by atoms with Crippen molar-refractivity contribution in [2.45, 2.75) is 101 Å². The van der Waals surface area contributed by atoms with Gasteiger partial charge in [-0.1, -0.05) is 13.0 Å². The van der Waals surface area contributed by atoms with Gasteiger partial charge in [0, 0.05) is 99.8 Å². The molecule has 0 radical (unpaired) electrons. The summed E-state index contributed by atoms with van der Waals surface area (Å²) in [6.45, 7) is 9.53. The average Bonchev–Trinajstić information content (AvgIpc) is 3.95. The quantitative estimate of drug-likeness (QED) is 0.110. The maximum atomic E-state index is 17.2. The summed E-state index contributed by atoms with van der Waals surface area (Å²) in [5.74, 6) is -2.07. The summed E-state index contributed by atoms with van der Waals surface area (Å²) in [5.41, 5.74) is 1.24. The van der Waals surface area contributed by atoms with Gasteiger partial charge in [0.05, 0.1) is 17.5 Å². The Morgan fingerprint density at radius 2 is 1.62 bits per heavy atom. The number of hydrogen-bond acceptors (Lipinski definition) is 14. The highest BCUT2D eigenvalue weighted by Crippen LogP contribution is 2.58. The zero-order valence-electron chi connectivity index (χ0n) is 41.6. The summed E-state index contributed by atoms with van der Waals surface area (Å²) in [4.78, 5) is 60.5. The Morgan fingerprint density at radius 1 is 0.865 bits per heavy atom. The van der Waals surface area contributed by atoms with E-state index in [1.165, 1.54) is 16.7 Å². The molecule has 6 aromatic rings. The summed E-state index contributed by atoms with van der Waals surface area (Å²) in [6, 6.07) is 11.4. The minimum Gasteiger partial charge on any atom is -0.508 e. The number of piperidine rings is 2. The third-order valence-electron chi connectivity index (χ3n) is 17.6. The Hall–Kier alpha value is -6.31. The summed E-state index contributed by atoms with van der Waals surface area (Å²) in [6.07, 6.45) is 9.50. The summed E-state index contributed by atoms with van der Waals surface area (Å²) in [7, 11) is 0. The highest BCUT2D eigenvalue weighted by Gasteiger charge is 2.57. The molecule has 13 rings (SSSR count). The third kappa shape index (κ3) is 8.51. The first-order valence-electron chi connectivity index (χ1n) is 26.5. The predicted octanol–water partition coefficient (Wildman–Crippen LogP) is 6.78. The van der Waals surface area contributed by atoms with Crippen LogP contribution in [0.3, 0.4) is 0 Å². The lowest BCUT2D eigenvalue weighted by Crippen LogP contribution is -2.60. The topological polar surface area (TPSA) is 174 Å². The lowest BCUT2D eigenvalue weighted by atomic mass is 9.55. The number of carbonyl (C=O) groups is 2. The first kappa shape index (κ1) is 47.4. The van der Waals surface area contributed by atoms with Crippen molar-refractivity contribution in [2.24, 2.45) is 10.8 Å². The molecule has 16 nitrogen and oxygen atoms in total. The van der Waals surface area contributed by atoms with Crippen molar-refractivity contribution < 1.29 is 37.0 Å². The van der Waals surface area contributed by atoms with Crippen molar-refractivity contribution in [1.29, 1.82) is 0 Å². The molecule has 2 bridgehead atoms. The van der Waals surface area contributed by atoms with Gasteiger partial charge in [0.1, 0.15) is 40.3 Å². The number of oxazole rings is 1. The Bertz CT molecular complexity index is 3290. The minimum atomic E-state index is -1.22. The molecular weight excluding hydrogens is 954 g/mol. The number of alkyl halides is 1. The third-order valence-corrected chi connectivity index (χ3v) is 17.6. The Balaban J connectivity index is 0.642. The van der Waals surface area contributed by atoms with Crippen molar-refractivity contribution in [3.63, 3.8) is 0 Å². The Labute approximate surface area is 425 Å². The van der Waals surface area contributed by atoms with E-state index in [1.54, 1.807) is 24.4 Å². The van der Waals surface area contributed by atoms with Crippen molar-refractivity contribution in [3.05, 3.63) is 76.4 Å². The van der Waals surface area contributed by atoms with E-state index in [2.05, 4.69) is 35.2 Å². The van der Waals surface area contributed by atoms with Crippen LogP contribution in [0.15, 0.2) is 57.9 Å². The molecule has 19 heteroatoms. The lowest BCUT2D eigenvalue weighted by Gasteiger charge is -2.57. The number of pyridine rings is 1. The summed E-state index contributed by atoms with van der Waals surface area (Å²) in [5, 5.41) is 18.3. The number of ether oxygens (including phenoxy) is 1. The molecule has 3 N–H and O–H groups in total. The number of aromatic nitrogens is 4. The van der Waals surface area contributed by atoms with Gasteiger partial charge in [0.2, 0.25) is 11.8 Å². The maximum Gasteiger partial charge on any atom is 0.420 e. The monoisotopic (exact) mass is 1010 g/mol. The van der Waals surface area contributed by atoms with Crippen molar-refractivity contribution in [2.75, 3.05) is 81.9 Å². The maximum absolute atomic E-state index is 17.2. The SMILES string of the molecule is CCc1c(F)ccc2cc(O)cc(-c3ncc4c(N5CC6CCC(C5)N6)nc(OCC5(CN6CCC7(CC6)CC(F)(CN6CCN(c8ccc9c(c8)oc(=O)n9C8CCC(=O)NC8=O)CC6)C7)CC5)nc4c3F)c12. The zero-order chi connectivity index (χ0) is 50.7. The lowest BCUT2D eigenvalue weighted by molar-refractivity contribution is -0.135. The van der Waals surface area contributed by atoms with Crippen LogP contribution in [0.4, 0.5) is 24.7 Å². The number of benzene rings is 3. The number of nitrogens with zero attached hydrogens (tertiary/aromatic N) is 8. The number of aromatic hydroxyl groups is 1. The number of phenols is 1. The first-order valence-corrected chi connectivity index (χ1v) is 26.5. The van der Waals surface area contributed by atoms with Crippen LogP contribution in [0.1, 0.15) is 82.7 Å². The van der Waals surface area contributed by atoms with Gasteiger partial charge in [-0.25, -0.2) is 18.0 Å². The molecule has 5 aliphatic heterocycles. The number of fused-ring (bicyclic) bond motifs is 5. The van der Waals surface area contributed by atoms with Gasteiger partial charge < -0.3 is 34.3 Å². The first-order chi connectivity index (χ1) is 35.7. The second kappa shape index (κ2) is 17.9. The fourth-order valence-corrected chi connectivity index (χ4v) is 13.7. The van der Waals surface area contributed by atoms with Gasteiger partial charge >= 0.3 is 11.8 Å². The van der Waals surface area contributed by atoms with E-state index in [0.29, 0.717) is 128 Å². The molecule has 388 valence electrons. The number of nitrogens with one attached hydrogen (secondary N) is 2. The molecule has 2 aliphatic carbocycles. The van der Waals surface area contributed by atoms with Crippen LogP contribution in [0.2, 0.25) is 0 Å². The molecule has 2 saturated carbocycles. The van der Waals surface area contributed by atoms with Crippen molar-refractivity contribution in [3.8, 4) is 23.0 Å². The minimum absolute atomic E-state index is 0.0114. The van der Waals surface area contributed by atoms with Gasteiger partial charge in [0.25, 0.3) is 0 Å². The van der Waals surface area contributed by atoms with E-state index in [-0.39, 0.29) is 52.5 Å². The fraction of sp³-hybridized carbons (Fsp3) is 0.527. The number of rotatable bonds is 12. The Morgan fingerprint density at radius 3 is 2.35 bits per heavy atom. The smallest absolute Gasteiger partial charge is 0.420 e. The van der Waals surface area contributed by atoms with Gasteiger partial charge in [-0.15, -0.1) is 0 Å². The molecule has 3 aromatic carbocycles. The molecule has 1 spiro atoms. The molecule has 8 heterocycles. The van der Waals surface area contributed by atoms with Crippen LogP contribution < -0.4 is 30.9 Å². The van der Waals surface area contributed by atoms with Crippen LogP contribution in [-0.2, 0) is 16.0 Å². The van der Waals surface area contributed by atoms with E-state index in [4.69, 9.17) is 19.1 Å². The number of halogens is 3. The molecule has 2 amide bonds. The second-order valence-electron chi connectivity index (χ2n) is 22.7. The van der Waals surface area contributed by atoms with Gasteiger partial charge in [-0.05, 0) is 129 Å². The van der Waals surface area contributed by atoms with Gasteiger partial charge in [-0.2, -0.15) is 9.97 Å². The fourth-order valence-electron chi connectivity index (χ4n) is 13.7. The second-order valence-corrected chi connectivity index (χ2v) is 22.7. The van der Waals surface area contributed by atoms with E-state index >= 15 is 13.2 Å². The standard InChI is InChI=1S/C55H61F3N10O6/c1-2-37-40(56)7-3-32-21-36(69)23-38(45(32)37)47-46(57)48-39(24-59-47)49(67-25-33-4-5-34(26-67)60-33)63-51(62-48)73-31-54(11-12-54)29-64-15-13-53(14-16-64)27-55(58,28-53)30-65-17-19-66(20-18-65)35-6-8-41-43(22-35)74-52(72)68(41)42-9-10-44(70)61-50(42)71/h3,6-8,21-24,33-34,42,60,69H,2,4-5,9-20,25-31H2,1H3,(H,61,70,71). The zero-order valence-corrected chi connectivity index (χ0v) is 41.6. The van der Waals surface area contributed by atoms with E-state index in [1.807, 2.05) is 19.1 Å². The number of aryl methyl sites for hydroxylation is 1. The van der Waals surface area contributed by atoms with Gasteiger partial charge in [0.15, 0.2) is 11.4 Å². The molecule has 7 fully saturated rings. The van der Waals surface area contributed by atoms with Crippen LogP contribution in [0.25, 0.3) is 44.0 Å². The Kier molecular flexibility index (Phi) is 11.5. The molecule has 3 aromatic heterocycles. The number of phenolic OH excluding ortho intramolecular Hbond substituents is 1. The number of imide groups is 1. The van der Waals surface area contributed by atoms with Gasteiger partial charge in [-0.3, -0.25) is 29.4 Å². The van der Waals surface area contributed by atoms with Crippen molar-refractivity contribution in [1.82, 2.24) is 40.0 Å². The number of amides is 2. The number of anilines is 2. The molecule has 7 aliphatic rings. The number of piperazine rings is 2. The number of carbonyl (C=O) groups excluding carboxylic acids is 2. The summed E-state index contributed by atoms with van der Waals surface area (Å²) < 4.78 is 62.3. The van der Waals surface area contributed by atoms with Crippen LogP contribution >= 0.6 is 0 Å². The number of hydrogen-bond donors (Lipinski definition) is 3. The summed E-state index contributed by atoms with van der Waals surface area (Å²) >= 11 is 0. The molecular formula is C55H61F3N10O6. The van der Waals surface area contributed by atoms with E-state index < -0.39 is 35.0 Å². The highest BCUT2D eigenvalue weighted by molar-refractivity contribution is 6.02. The van der Waals surface area contributed by atoms with Crippen LogP contribution in [-0.4, -0.2) is 136 Å². The highest BCUT2D eigenvalue weighted by atomic mass is 19.1. The molecule has 74 heavy (non-hydrogen) atoms. The predicted molar refractivity (Wildman–Crippen MR) is 272 cm³/mol. The number of likely N-dealkylation sites (tertiary alicyclic amines) is 1. The van der Waals surface area contributed by atoms with E-state index in [9.17, 15) is 19.5 Å². The normalized spacial score (nSPS) is 24.5. The molecule has 5 saturated heterocycles.